The van der Waals surface area contributed by atoms with Crippen LogP contribution in [-0.4, -0.2) is 35.0 Å². The van der Waals surface area contributed by atoms with Crippen molar-refractivity contribution in [1.82, 2.24) is 9.55 Å². The van der Waals surface area contributed by atoms with E-state index in [1.165, 1.54) is 22.0 Å². The molecule has 0 fully saturated rings. The molecule has 0 unspecified atom stereocenters. The Hall–Kier alpha value is -2.63. The molecule has 0 spiro atoms. The molecule has 0 bridgehead atoms. The first kappa shape index (κ1) is 11.5. The molecule has 0 saturated carbocycles. The van der Waals surface area contributed by atoms with Crippen LogP contribution < -0.4 is 9.64 Å². The summed E-state index contributed by atoms with van der Waals surface area (Å²) in [6.45, 7) is 0.0261. The second-order valence-corrected chi connectivity index (χ2v) is 4.20. The van der Waals surface area contributed by atoms with E-state index in [-0.39, 0.29) is 18.4 Å². The van der Waals surface area contributed by atoms with Crippen LogP contribution in [0.5, 0.6) is 5.75 Å². The van der Waals surface area contributed by atoms with Crippen LogP contribution >= 0.6 is 0 Å². The van der Waals surface area contributed by atoms with E-state index in [2.05, 4.69) is 4.98 Å². The summed E-state index contributed by atoms with van der Waals surface area (Å²) >= 11 is 0. The van der Waals surface area contributed by atoms with Gasteiger partial charge in [0.05, 0.1) is 5.69 Å². The zero-order chi connectivity index (χ0) is 13.4. The zero-order valence-corrected chi connectivity index (χ0v) is 10.2. The fourth-order valence-electron chi connectivity index (χ4n) is 1.93. The Kier molecular flexibility index (Phi) is 2.56. The van der Waals surface area contributed by atoms with E-state index in [1.807, 2.05) is 0 Å². The highest BCUT2D eigenvalue weighted by Gasteiger charge is 2.23. The Balaban J connectivity index is 2.01. The van der Waals surface area contributed by atoms with Gasteiger partial charge in [-0.05, 0) is 18.2 Å². The topological polar surface area (TPSA) is 64.4 Å². The van der Waals surface area contributed by atoms with Crippen LogP contribution in [0.1, 0.15) is 10.4 Å². The Morgan fingerprint density at radius 3 is 3.00 bits per heavy atom. The number of hydrogen-bond donors (Lipinski definition) is 0. The monoisotopic (exact) mass is 257 g/mol. The Labute approximate surface area is 109 Å². The maximum atomic E-state index is 12.2. The predicted octanol–water partition coefficient (Wildman–Crippen LogP) is 0.927. The molecule has 1 aromatic carbocycles. The molecule has 19 heavy (non-hydrogen) atoms. The number of hydrogen-bond acceptors (Lipinski definition) is 4. The Bertz CT molecular complexity index is 649. The van der Waals surface area contributed by atoms with Gasteiger partial charge in [-0.2, -0.15) is 0 Å². The van der Waals surface area contributed by atoms with Gasteiger partial charge in [0.15, 0.2) is 6.61 Å². The number of likely N-dealkylation sites (N-methyl/N-ethyl adjacent to an activating group) is 1. The molecule has 0 radical (unpaired) electrons. The van der Waals surface area contributed by atoms with Crippen LogP contribution in [-0.2, 0) is 4.79 Å². The van der Waals surface area contributed by atoms with Crippen LogP contribution in [0.15, 0.2) is 36.9 Å². The van der Waals surface area contributed by atoms with E-state index in [1.54, 1.807) is 31.4 Å². The van der Waals surface area contributed by atoms with Gasteiger partial charge in [0.25, 0.3) is 11.8 Å². The molecule has 0 aliphatic carbocycles. The average Bonchev–Trinajstić information content (AvgIpc) is 2.96. The summed E-state index contributed by atoms with van der Waals surface area (Å²) in [4.78, 5) is 29.1. The van der Waals surface area contributed by atoms with E-state index in [9.17, 15) is 9.59 Å². The van der Waals surface area contributed by atoms with Gasteiger partial charge in [0, 0.05) is 25.0 Å². The van der Waals surface area contributed by atoms with E-state index >= 15 is 0 Å². The molecule has 2 aromatic rings. The first-order chi connectivity index (χ1) is 9.16. The molecule has 6 heteroatoms. The minimum Gasteiger partial charge on any atom is -0.482 e. The van der Waals surface area contributed by atoms with Crippen LogP contribution in [0.3, 0.4) is 0 Å². The fraction of sp³-hybridized carbons (Fsp3) is 0.154. The van der Waals surface area contributed by atoms with E-state index in [4.69, 9.17) is 4.74 Å². The molecule has 0 saturated heterocycles. The highest BCUT2D eigenvalue weighted by atomic mass is 16.5. The number of imidazole rings is 1. The summed E-state index contributed by atoms with van der Waals surface area (Å²) in [7, 11) is 1.66. The smallest absolute Gasteiger partial charge is 0.264 e. The lowest BCUT2D eigenvalue weighted by Gasteiger charge is -2.26. The molecule has 0 atom stereocenters. The highest BCUT2D eigenvalue weighted by Crippen LogP contribution is 2.32. The van der Waals surface area contributed by atoms with Crippen molar-refractivity contribution in [1.29, 1.82) is 0 Å². The van der Waals surface area contributed by atoms with Gasteiger partial charge in [-0.15, -0.1) is 0 Å². The summed E-state index contributed by atoms with van der Waals surface area (Å²) in [6.07, 6.45) is 4.55. The summed E-state index contributed by atoms with van der Waals surface area (Å²) in [5.41, 5.74) is 1.07. The molecular formula is C13H11N3O3. The summed E-state index contributed by atoms with van der Waals surface area (Å²) < 4.78 is 6.69. The van der Waals surface area contributed by atoms with Crippen LogP contribution in [0.25, 0.3) is 0 Å². The van der Waals surface area contributed by atoms with Crippen molar-refractivity contribution >= 4 is 17.5 Å². The van der Waals surface area contributed by atoms with Gasteiger partial charge in [-0.1, -0.05) is 0 Å². The predicted molar refractivity (Wildman–Crippen MR) is 67.3 cm³/mol. The van der Waals surface area contributed by atoms with Gasteiger partial charge < -0.3 is 9.64 Å². The minimum atomic E-state index is -0.202. The first-order valence-corrected chi connectivity index (χ1v) is 5.73. The lowest BCUT2D eigenvalue weighted by molar-refractivity contribution is -0.120. The van der Waals surface area contributed by atoms with Crippen LogP contribution in [0.2, 0.25) is 0 Å². The highest BCUT2D eigenvalue weighted by molar-refractivity contribution is 6.01. The third-order valence-electron chi connectivity index (χ3n) is 3.03. The molecule has 1 amide bonds. The summed E-state index contributed by atoms with van der Waals surface area (Å²) in [5.74, 6) is 0.260. The standard InChI is InChI=1S/C13H11N3O3/c1-15-10-6-9(13(18)16-5-4-14-8-16)2-3-11(10)19-7-12(15)17/h2-6,8H,7H2,1H3. The summed E-state index contributed by atoms with van der Waals surface area (Å²) in [6, 6.07) is 5.02. The summed E-state index contributed by atoms with van der Waals surface area (Å²) in [5, 5.41) is 0. The number of carbonyl (C=O) groups is 2. The molecule has 1 aliphatic rings. The van der Waals surface area contributed by atoms with Crippen molar-refractivity contribution < 1.29 is 14.3 Å². The SMILES string of the molecule is CN1C(=O)COc2ccc(C(=O)n3ccnc3)cc21. The van der Waals surface area contributed by atoms with Crippen molar-refractivity contribution in [2.45, 2.75) is 0 Å². The number of anilines is 1. The van der Waals surface area contributed by atoms with Gasteiger partial charge in [0.2, 0.25) is 0 Å². The third-order valence-corrected chi connectivity index (χ3v) is 3.03. The molecule has 0 N–H and O–H groups in total. The number of rotatable bonds is 1. The molecule has 96 valence electrons. The second-order valence-electron chi connectivity index (χ2n) is 4.20. The van der Waals surface area contributed by atoms with Crippen molar-refractivity contribution in [3.05, 3.63) is 42.5 Å². The molecule has 2 heterocycles. The molecule has 6 nitrogen and oxygen atoms in total. The first-order valence-electron chi connectivity index (χ1n) is 5.73. The van der Waals surface area contributed by atoms with Crippen LogP contribution in [0.4, 0.5) is 5.69 Å². The number of ether oxygens (including phenoxy) is 1. The number of aromatic nitrogens is 2. The minimum absolute atomic E-state index is 0.0261. The number of nitrogens with zero attached hydrogens (tertiary/aromatic N) is 3. The van der Waals surface area contributed by atoms with Gasteiger partial charge in [0.1, 0.15) is 12.1 Å². The van der Waals surface area contributed by atoms with Gasteiger partial charge in [-0.25, -0.2) is 4.98 Å². The lowest BCUT2D eigenvalue weighted by Crippen LogP contribution is -2.35. The molecule has 3 rings (SSSR count). The van der Waals surface area contributed by atoms with E-state index < -0.39 is 0 Å². The van der Waals surface area contributed by atoms with Crippen LogP contribution in [0, 0.1) is 0 Å². The van der Waals surface area contributed by atoms with E-state index in [0.717, 1.165) is 0 Å². The number of fused-ring (bicyclic) bond motifs is 1. The molecular weight excluding hydrogens is 246 g/mol. The zero-order valence-electron chi connectivity index (χ0n) is 10.2. The Morgan fingerprint density at radius 2 is 2.26 bits per heavy atom. The average molecular weight is 257 g/mol. The lowest BCUT2D eigenvalue weighted by atomic mass is 10.1. The van der Waals surface area contributed by atoms with Crippen molar-refractivity contribution in [2.24, 2.45) is 0 Å². The third kappa shape index (κ3) is 1.87. The van der Waals surface area contributed by atoms with Crippen molar-refractivity contribution in [2.75, 3.05) is 18.6 Å². The largest absolute Gasteiger partial charge is 0.482 e. The maximum absolute atomic E-state index is 12.2. The maximum Gasteiger partial charge on any atom is 0.264 e. The fourth-order valence-corrected chi connectivity index (χ4v) is 1.93. The normalized spacial score (nSPS) is 13.9. The van der Waals surface area contributed by atoms with Crippen molar-refractivity contribution in [3.63, 3.8) is 0 Å². The second kappa shape index (κ2) is 4.24. The van der Waals surface area contributed by atoms with Crippen molar-refractivity contribution in [3.8, 4) is 5.75 Å². The number of benzene rings is 1. The van der Waals surface area contributed by atoms with Gasteiger partial charge >= 0.3 is 0 Å². The number of carbonyl (C=O) groups excluding carboxylic acids is 2. The van der Waals surface area contributed by atoms with E-state index in [0.29, 0.717) is 17.0 Å². The van der Waals surface area contributed by atoms with Gasteiger partial charge in [-0.3, -0.25) is 14.2 Å². The number of amides is 1. The molecule has 1 aliphatic heterocycles. The quantitative estimate of drug-likeness (QED) is 0.762. The molecule has 1 aromatic heterocycles. The Morgan fingerprint density at radius 1 is 1.42 bits per heavy atom.